The van der Waals surface area contributed by atoms with Gasteiger partial charge in [-0.25, -0.2) is 4.57 Å². The van der Waals surface area contributed by atoms with Gasteiger partial charge in [-0.1, -0.05) is 4.98 Å². The molecule has 214 valence electrons. The van der Waals surface area contributed by atoms with Crippen LogP contribution in [0.3, 0.4) is 0 Å². The predicted octanol–water partition coefficient (Wildman–Crippen LogP) is 4.14. The van der Waals surface area contributed by atoms with Crippen LogP contribution in [0.15, 0.2) is 43.1 Å². The zero-order valence-corrected chi connectivity index (χ0v) is 23.0. The van der Waals surface area contributed by atoms with E-state index < -0.39 is 11.0 Å². The van der Waals surface area contributed by atoms with Crippen molar-refractivity contribution in [3.63, 3.8) is 0 Å². The Morgan fingerprint density at radius 1 is 1.05 bits per heavy atom. The van der Waals surface area contributed by atoms with E-state index in [0.29, 0.717) is 36.5 Å². The van der Waals surface area contributed by atoms with Crippen LogP contribution in [0.1, 0.15) is 56.0 Å². The summed E-state index contributed by atoms with van der Waals surface area (Å²) in [7, 11) is 1.60. The molecule has 0 amide bonds. The Hall–Kier alpha value is -4.39. The molecule has 4 aromatic heterocycles. The smallest absolute Gasteiger partial charge is 0.434 e. The second-order valence-electron chi connectivity index (χ2n) is 10.4. The van der Waals surface area contributed by atoms with Crippen molar-refractivity contribution in [3.05, 3.63) is 64.6 Å². The van der Waals surface area contributed by atoms with E-state index in [1.807, 2.05) is 25.3 Å². The lowest BCUT2D eigenvalue weighted by Gasteiger charge is -2.30. The van der Waals surface area contributed by atoms with Gasteiger partial charge in [-0.15, -0.1) is 0 Å². The van der Waals surface area contributed by atoms with E-state index in [1.54, 1.807) is 25.6 Å². The van der Waals surface area contributed by atoms with Crippen molar-refractivity contribution < 1.29 is 19.1 Å². The maximum atomic E-state index is 11.2. The average molecular weight is 561 g/mol. The SMILES string of the molecule is CC(Oc1cnc2cc(N3CCOCC3)nc(OC3CCC(c4cnccn4)CC3)c2c1)c1cnc([N+](=O)[O-])n1C. The highest BCUT2D eigenvalue weighted by molar-refractivity contribution is 5.87. The highest BCUT2D eigenvalue weighted by Gasteiger charge is 2.27. The van der Waals surface area contributed by atoms with Crippen LogP contribution in [0.2, 0.25) is 0 Å². The highest BCUT2D eigenvalue weighted by atomic mass is 16.6. The molecule has 0 bridgehead atoms. The second-order valence-corrected chi connectivity index (χ2v) is 10.4. The minimum Gasteiger partial charge on any atom is -0.481 e. The van der Waals surface area contributed by atoms with Crippen molar-refractivity contribution in [1.29, 1.82) is 0 Å². The summed E-state index contributed by atoms with van der Waals surface area (Å²) in [6, 6.07) is 3.84. The third-order valence-corrected chi connectivity index (χ3v) is 7.79. The summed E-state index contributed by atoms with van der Waals surface area (Å²) in [5, 5.41) is 12.0. The molecule has 1 atom stereocenters. The molecule has 4 aromatic rings. The molecule has 2 fully saturated rings. The molecule has 13 heteroatoms. The standard InChI is InChI=1S/C28H32N8O5/c1-18(25-17-32-28(34(25)2)36(37)38)40-21-13-22-23(31-15-21)14-26(35-9-11-39-12-10-35)33-27(22)41-20-5-3-19(4-6-20)24-16-29-7-8-30-24/h7-8,13-20H,3-6,9-12H2,1-2H3. The van der Waals surface area contributed by atoms with Gasteiger partial charge in [0.15, 0.2) is 11.8 Å². The quantitative estimate of drug-likeness (QED) is 0.226. The van der Waals surface area contributed by atoms with Crippen molar-refractivity contribution in [2.75, 3.05) is 31.2 Å². The molecule has 1 saturated heterocycles. The van der Waals surface area contributed by atoms with Crippen LogP contribution >= 0.6 is 0 Å². The van der Waals surface area contributed by atoms with E-state index >= 15 is 0 Å². The summed E-state index contributed by atoms with van der Waals surface area (Å²) in [5.74, 6) is 1.97. The Balaban J connectivity index is 1.26. The zero-order valence-electron chi connectivity index (χ0n) is 23.0. The van der Waals surface area contributed by atoms with E-state index in [4.69, 9.17) is 24.2 Å². The van der Waals surface area contributed by atoms with Gasteiger partial charge in [0.25, 0.3) is 0 Å². The van der Waals surface area contributed by atoms with Crippen molar-refractivity contribution in [2.45, 2.75) is 50.7 Å². The number of anilines is 1. The lowest BCUT2D eigenvalue weighted by atomic mass is 9.85. The van der Waals surface area contributed by atoms with Crippen LogP contribution in [-0.4, -0.2) is 66.8 Å². The Labute approximate surface area is 236 Å². The van der Waals surface area contributed by atoms with Gasteiger partial charge in [0.2, 0.25) is 5.88 Å². The average Bonchev–Trinajstić information content (AvgIpc) is 3.40. The van der Waals surface area contributed by atoms with Crippen LogP contribution in [0, 0.1) is 10.1 Å². The van der Waals surface area contributed by atoms with Gasteiger partial charge in [-0.05, 0) is 43.6 Å². The number of fused-ring (bicyclic) bond motifs is 1. The Morgan fingerprint density at radius 3 is 2.56 bits per heavy atom. The maximum Gasteiger partial charge on any atom is 0.434 e. The van der Waals surface area contributed by atoms with Crippen molar-refractivity contribution in [2.24, 2.45) is 7.05 Å². The van der Waals surface area contributed by atoms with Gasteiger partial charge in [0, 0.05) is 43.7 Å². The molecule has 13 nitrogen and oxygen atoms in total. The van der Waals surface area contributed by atoms with Gasteiger partial charge < -0.3 is 29.2 Å². The minimum atomic E-state index is -0.518. The number of pyridine rings is 2. The molecule has 0 N–H and O–H groups in total. The second kappa shape index (κ2) is 11.6. The third-order valence-electron chi connectivity index (χ3n) is 7.79. The maximum absolute atomic E-state index is 11.2. The number of morpholine rings is 1. The number of hydrogen-bond donors (Lipinski definition) is 0. The summed E-state index contributed by atoms with van der Waals surface area (Å²) in [4.78, 5) is 35.2. The molecular weight excluding hydrogens is 528 g/mol. The molecule has 0 spiro atoms. The van der Waals surface area contributed by atoms with E-state index in [1.165, 1.54) is 10.8 Å². The van der Waals surface area contributed by atoms with E-state index in [9.17, 15) is 10.1 Å². The first-order valence-corrected chi connectivity index (χ1v) is 13.8. The molecule has 2 aliphatic rings. The van der Waals surface area contributed by atoms with Crippen LogP contribution in [-0.2, 0) is 11.8 Å². The monoisotopic (exact) mass is 560 g/mol. The van der Waals surface area contributed by atoms with Crippen LogP contribution in [0.5, 0.6) is 11.6 Å². The van der Waals surface area contributed by atoms with E-state index in [-0.39, 0.29) is 12.1 Å². The van der Waals surface area contributed by atoms with Crippen LogP contribution < -0.4 is 14.4 Å². The molecule has 5 heterocycles. The van der Waals surface area contributed by atoms with Crippen molar-refractivity contribution >= 4 is 22.7 Å². The summed E-state index contributed by atoms with van der Waals surface area (Å²) < 4.78 is 19.7. The van der Waals surface area contributed by atoms with Gasteiger partial charge in [0.1, 0.15) is 23.9 Å². The summed E-state index contributed by atoms with van der Waals surface area (Å²) in [6.45, 7) is 4.60. The molecular formula is C28H32N8O5. The van der Waals surface area contributed by atoms with Gasteiger partial charge >= 0.3 is 5.95 Å². The van der Waals surface area contributed by atoms with Crippen molar-refractivity contribution in [1.82, 2.24) is 29.5 Å². The van der Waals surface area contributed by atoms with Gasteiger partial charge in [0.05, 0.1) is 43.1 Å². The lowest BCUT2D eigenvalue weighted by molar-refractivity contribution is -0.396. The molecule has 0 radical (unpaired) electrons. The number of aromatic nitrogens is 6. The van der Waals surface area contributed by atoms with Gasteiger partial charge in [-0.2, -0.15) is 4.98 Å². The first kappa shape index (κ1) is 26.8. The molecule has 41 heavy (non-hydrogen) atoms. The Bertz CT molecular complexity index is 1520. The molecule has 1 aliphatic heterocycles. The molecule has 0 aromatic carbocycles. The minimum absolute atomic E-state index is 0.0112. The fraction of sp³-hybridized carbons (Fsp3) is 0.464. The number of hydrogen-bond acceptors (Lipinski definition) is 11. The number of nitro groups is 1. The van der Waals surface area contributed by atoms with E-state index in [2.05, 4.69) is 19.9 Å². The molecule has 6 rings (SSSR count). The number of rotatable bonds is 8. The van der Waals surface area contributed by atoms with Gasteiger partial charge in [-0.3, -0.25) is 15.0 Å². The lowest BCUT2D eigenvalue weighted by Crippen LogP contribution is -2.36. The summed E-state index contributed by atoms with van der Waals surface area (Å²) in [6.07, 6.45) is 11.6. The van der Waals surface area contributed by atoms with Crippen molar-refractivity contribution in [3.8, 4) is 11.6 Å². The number of nitrogens with zero attached hydrogens (tertiary/aromatic N) is 8. The Kier molecular flexibility index (Phi) is 7.59. The first-order valence-electron chi connectivity index (χ1n) is 13.8. The van der Waals surface area contributed by atoms with Crippen LogP contribution in [0.25, 0.3) is 10.9 Å². The number of imidazole rings is 1. The summed E-state index contributed by atoms with van der Waals surface area (Å²) >= 11 is 0. The topological polar surface area (TPSA) is 143 Å². The molecule has 1 saturated carbocycles. The molecule has 1 aliphatic carbocycles. The van der Waals surface area contributed by atoms with E-state index in [0.717, 1.165) is 61.2 Å². The largest absolute Gasteiger partial charge is 0.481 e. The predicted molar refractivity (Wildman–Crippen MR) is 149 cm³/mol. The van der Waals surface area contributed by atoms with Crippen LogP contribution in [0.4, 0.5) is 11.8 Å². The Morgan fingerprint density at radius 2 is 1.85 bits per heavy atom. The third kappa shape index (κ3) is 5.75. The fourth-order valence-electron chi connectivity index (χ4n) is 5.55. The molecule has 1 unspecified atom stereocenters. The normalized spacial score (nSPS) is 20.1. The highest BCUT2D eigenvalue weighted by Crippen LogP contribution is 2.36. The first-order chi connectivity index (χ1) is 20.0. The summed E-state index contributed by atoms with van der Waals surface area (Å²) in [5.41, 5.74) is 2.36. The fourth-order valence-corrected chi connectivity index (χ4v) is 5.55. The zero-order chi connectivity index (χ0) is 28.3. The number of ether oxygens (including phenoxy) is 3.